The largest absolute Gasteiger partial charge is 0.478 e. The molecule has 32 heavy (non-hydrogen) atoms. The van der Waals surface area contributed by atoms with Crippen LogP contribution in [0.4, 0.5) is 4.39 Å². The molecule has 0 aliphatic heterocycles. The van der Waals surface area contributed by atoms with Crippen LogP contribution in [0.15, 0.2) is 79.3 Å². The summed E-state index contributed by atoms with van der Waals surface area (Å²) in [5.41, 5.74) is 4.74. The number of aromatic nitrogens is 3. The molecule has 2 aromatic heterocycles. The topological polar surface area (TPSA) is 69.0 Å². The Bertz CT molecular complexity index is 1220. The van der Waals surface area contributed by atoms with Crippen molar-refractivity contribution >= 4 is 5.91 Å². The Hall–Kier alpha value is -4.00. The van der Waals surface area contributed by atoms with E-state index < -0.39 is 11.9 Å². The molecule has 1 atom stereocenters. The zero-order chi connectivity index (χ0) is 22.5. The summed E-state index contributed by atoms with van der Waals surface area (Å²) in [4.78, 5) is 16.5. The van der Waals surface area contributed by atoms with E-state index in [9.17, 15) is 9.18 Å². The second-order valence-corrected chi connectivity index (χ2v) is 7.41. The first-order valence-corrected chi connectivity index (χ1v) is 10.2. The zero-order valence-electron chi connectivity index (χ0n) is 17.8. The van der Waals surface area contributed by atoms with Gasteiger partial charge in [-0.2, -0.15) is 5.10 Å². The van der Waals surface area contributed by atoms with E-state index in [1.807, 2.05) is 49.6 Å². The molecule has 0 radical (unpaired) electrons. The molecule has 1 N–H and O–H groups in total. The van der Waals surface area contributed by atoms with Crippen molar-refractivity contribution in [2.75, 3.05) is 0 Å². The maximum Gasteiger partial charge on any atom is 0.261 e. The molecule has 0 saturated heterocycles. The van der Waals surface area contributed by atoms with Crippen LogP contribution in [0.2, 0.25) is 0 Å². The molecular formula is C25H23FN4O2. The van der Waals surface area contributed by atoms with Crippen LogP contribution in [0.25, 0.3) is 22.4 Å². The number of nitrogens with zero attached hydrogens (tertiary/aromatic N) is 3. The van der Waals surface area contributed by atoms with E-state index in [0.29, 0.717) is 6.54 Å². The van der Waals surface area contributed by atoms with E-state index in [4.69, 9.17) is 4.74 Å². The number of rotatable bonds is 7. The van der Waals surface area contributed by atoms with Crippen molar-refractivity contribution in [3.05, 3.63) is 90.6 Å². The Morgan fingerprint density at radius 2 is 1.88 bits per heavy atom. The standard InChI is InChI=1S/C25H23FN4O2/c1-17(32-23-9-4-3-8-22(23)26)25(31)28-15-18-6-5-7-20(14-18)24-21(16-30(2)29-24)19-10-12-27-13-11-19/h3-14,16-17H,15H2,1-2H3,(H,28,31). The van der Waals surface area contributed by atoms with Crippen molar-refractivity contribution in [1.29, 1.82) is 0 Å². The highest BCUT2D eigenvalue weighted by atomic mass is 19.1. The van der Waals surface area contributed by atoms with Crippen LogP contribution in [0.3, 0.4) is 0 Å². The van der Waals surface area contributed by atoms with E-state index in [1.165, 1.54) is 12.1 Å². The van der Waals surface area contributed by atoms with E-state index in [-0.39, 0.29) is 11.7 Å². The molecule has 2 heterocycles. The van der Waals surface area contributed by atoms with Gasteiger partial charge in [0.2, 0.25) is 0 Å². The lowest BCUT2D eigenvalue weighted by atomic mass is 10.0. The highest BCUT2D eigenvalue weighted by Gasteiger charge is 2.17. The summed E-state index contributed by atoms with van der Waals surface area (Å²) in [6, 6.07) is 17.8. The molecule has 0 bridgehead atoms. The normalized spacial score (nSPS) is 11.7. The maximum atomic E-state index is 13.8. The monoisotopic (exact) mass is 430 g/mol. The first-order chi connectivity index (χ1) is 15.5. The molecule has 162 valence electrons. The predicted octanol–water partition coefficient (Wildman–Crippen LogP) is 4.37. The third-order valence-corrected chi connectivity index (χ3v) is 5.00. The van der Waals surface area contributed by atoms with Crippen molar-refractivity contribution in [2.45, 2.75) is 19.6 Å². The number of ether oxygens (including phenoxy) is 1. The van der Waals surface area contributed by atoms with Crippen molar-refractivity contribution in [3.63, 3.8) is 0 Å². The zero-order valence-corrected chi connectivity index (χ0v) is 17.8. The minimum Gasteiger partial charge on any atom is -0.478 e. The number of benzene rings is 2. The molecule has 0 aliphatic carbocycles. The molecule has 2 aromatic carbocycles. The van der Waals surface area contributed by atoms with Crippen LogP contribution >= 0.6 is 0 Å². The van der Waals surface area contributed by atoms with E-state index >= 15 is 0 Å². The summed E-state index contributed by atoms with van der Waals surface area (Å²) in [5, 5.41) is 7.48. The fourth-order valence-corrected chi connectivity index (χ4v) is 3.39. The number of carbonyl (C=O) groups is 1. The van der Waals surface area contributed by atoms with Crippen LogP contribution in [0.1, 0.15) is 12.5 Å². The first-order valence-electron chi connectivity index (χ1n) is 10.2. The number of carbonyl (C=O) groups excluding carboxylic acids is 1. The van der Waals surface area contributed by atoms with Crippen LogP contribution in [0.5, 0.6) is 5.75 Å². The number of hydrogen-bond donors (Lipinski definition) is 1. The molecule has 1 unspecified atom stereocenters. The Morgan fingerprint density at radius 1 is 1.09 bits per heavy atom. The van der Waals surface area contributed by atoms with Gasteiger partial charge in [0, 0.05) is 43.3 Å². The molecule has 1 amide bonds. The van der Waals surface area contributed by atoms with Gasteiger partial charge in [-0.1, -0.05) is 30.3 Å². The average molecular weight is 430 g/mol. The molecule has 4 rings (SSSR count). The van der Waals surface area contributed by atoms with Crippen LogP contribution in [-0.2, 0) is 18.4 Å². The van der Waals surface area contributed by atoms with E-state index in [2.05, 4.69) is 15.4 Å². The lowest BCUT2D eigenvalue weighted by Crippen LogP contribution is -2.36. The summed E-state index contributed by atoms with van der Waals surface area (Å²) in [7, 11) is 1.88. The number of nitrogens with one attached hydrogen (secondary N) is 1. The molecule has 0 fully saturated rings. The minimum atomic E-state index is -0.829. The smallest absolute Gasteiger partial charge is 0.261 e. The van der Waals surface area contributed by atoms with Crippen LogP contribution < -0.4 is 10.1 Å². The number of aryl methyl sites for hydroxylation is 1. The van der Waals surface area contributed by atoms with Gasteiger partial charge < -0.3 is 10.1 Å². The average Bonchev–Trinajstić information content (AvgIpc) is 3.21. The van der Waals surface area contributed by atoms with Crippen molar-refractivity contribution in [1.82, 2.24) is 20.1 Å². The van der Waals surface area contributed by atoms with Gasteiger partial charge in [0.25, 0.3) is 5.91 Å². The SMILES string of the molecule is CC(Oc1ccccc1F)C(=O)NCc1cccc(-c2nn(C)cc2-c2ccncc2)c1. The Morgan fingerprint density at radius 3 is 2.66 bits per heavy atom. The lowest BCUT2D eigenvalue weighted by molar-refractivity contribution is -0.127. The fourth-order valence-electron chi connectivity index (χ4n) is 3.39. The van der Waals surface area contributed by atoms with Gasteiger partial charge >= 0.3 is 0 Å². The second kappa shape index (κ2) is 9.43. The Balaban J connectivity index is 1.46. The number of amides is 1. The molecule has 0 aliphatic rings. The fraction of sp³-hybridized carbons (Fsp3) is 0.160. The second-order valence-electron chi connectivity index (χ2n) is 7.41. The van der Waals surface area contributed by atoms with Crippen molar-refractivity contribution in [3.8, 4) is 28.1 Å². The quantitative estimate of drug-likeness (QED) is 0.473. The van der Waals surface area contributed by atoms with Gasteiger partial charge in [0.05, 0.1) is 0 Å². The van der Waals surface area contributed by atoms with E-state index in [1.54, 1.807) is 36.1 Å². The van der Waals surface area contributed by atoms with Gasteiger partial charge in [-0.15, -0.1) is 0 Å². The molecular weight excluding hydrogens is 407 g/mol. The summed E-state index contributed by atoms with van der Waals surface area (Å²) in [6.45, 7) is 1.90. The third kappa shape index (κ3) is 4.83. The van der Waals surface area contributed by atoms with E-state index in [0.717, 1.165) is 27.9 Å². The number of halogens is 1. The maximum absolute atomic E-state index is 13.8. The van der Waals surface area contributed by atoms with Gasteiger partial charge in [0.15, 0.2) is 17.7 Å². The van der Waals surface area contributed by atoms with Crippen LogP contribution in [-0.4, -0.2) is 26.8 Å². The predicted molar refractivity (Wildman–Crippen MR) is 120 cm³/mol. The molecule has 4 aromatic rings. The highest BCUT2D eigenvalue weighted by molar-refractivity contribution is 5.81. The first kappa shape index (κ1) is 21.2. The van der Waals surface area contributed by atoms with Crippen molar-refractivity contribution < 1.29 is 13.9 Å². The summed E-state index contributed by atoms with van der Waals surface area (Å²) in [6.07, 6.45) is 4.65. The molecule has 0 saturated carbocycles. The molecule has 0 spiro atoms. The molecule has 7 heteroatoms. The summed E-state index contributed by atoms with van der Waals surface area (Å²) < 4.78 is 21.0. The van der Waals surface area contributed by atoms with Gasteiger partial charge in [-0.25, -0.2) is 4.39 Å². The highest BCUT2D eigenvalue weighted by Crippen LogP contribution is 2.30. The molecule has 6 nitrogen and oxygen atoms in total. The number of para-hydroxylation sites is 1. The van der Waals surface area contributed by atoms with Crippen LogP contribution in [0, 0.1) is 5.82 Å². The minimum absolute atomic E-state index is 0.0518. The third-order valence-electron chi connectivity index (χ3n) is 5.00. The Kier molecular flexibility index (Phi) is 6.26. The summed E-state index contributed by atoms with van der Waals surface area (Å²) >= 11 is 0. The Labute approximate surface area is 185 Å². The van der Waals surface area contributed by atoms with Gasteiger partial charge in [0.1, 0.15) is 5.69 Å². The number of hydrogen-bond acceptors (Lipinski definition) is 4. The lowest BCUT2D eigenvalue weighted by Gasteiger charge is -2.15. The number of pyridine rings is 1. The van der Waals surface area contributed by atoms with Crippen molar-refractivity contribution in [2.24, 2.45) is 7.05 Å². The van der Waals surface area contributed by atoms with Gasteiger partial charge in [-0.05, 0) is 48.4 Å². The summed E-state index contributed by atoms with van der Waals surface area (Å²) in [5.74, 6) is -0.773. The van der Waals surface area contributed by atoms with Gasteiger partial charge in [-0.3, -0.25) is 14.5 Å².